The Bertz CT molecular complexity index is 293. The van der Waals surface area contributed by atoms with E-state index in [0.29, 0.717) is 11.8 Å². The molecule has 0 heterocycles. The van der Waals surface area contributed by atoms with Gasteiger partial charge in [0, 0.05) is 5.88 Å². The maximum absolute atomic E-state index is 6.04. The number of hydrogen-bond donors (Lipinski definition) is 0. The molecule has 1 heteroatoms. The summed E-state index contributed by atoms with van der Waals surface area (Å²) in [6.45, 7) is 6.71. The standard InChI is InChI=1S/C14H21Cl/c1-4-11(2)14(10-15)9-13-8-6-5-7-12(13)3/h5-8,11,14H,4,9-10H2,1-3H3. The van der Waals surface area contributed by atoms with E-state index < -0.39 is 0 Å². The van der Waals surface area contributed by atoms with Crippen molar-refractivity contribution in [3.63, 3.8) is 0 Å². The van der Waals surface area contributed by atoms with Crippen molar-refractivity contribution in [2.45, 2.75) is 33.6 Å². The first kappa shape index (κ1) is 12.6. The van der Waals surface area contributed by atoms with Crippen molar-refractivity contribution in [3.8, 4) is 0 Å². The Balaban J connectivity index is 2.71. The Morgan fingerprint density at radius 3 is 2.47 bits per heavy atom. The second-order valence-electron chi connectivity index (χ2n) is 4.43. The smallest absolute Gasteiger partial charge is 0.0257 e. The highest BCUT2D eigenvalue weighted by Crippen LogP contribution is 2.23. The molecule has 0 nitrogen and oxygen atoms in total. The van der Waals surface area contributed by atoms with E-state index in [4.69, 9.17) is 11.6 Å². The van der Waals surface area contributed by atoms with E-state index in [1.54, 1.807) is 0 Å². The van der Waals surface area contributed by atoms with Gasteiger partial charge in [-0.1, -0.05) is 44.5 Å². The van der Waals surface area contributed by atoms with Crippen molar-refractivity contribution < 1.29 is 0 Å². The third-order valence-corrected chi connectivity index (χ3v) is 3.79. The molecule has 0 saturated carbocycles. The van der Waals surface area contributed by atoms with E-state index in [1.807, 2.05) is 0 Å². The van der Waals surface area contributed by atoms with E-state index in [1.165, 1.54) is 17.5 Å². The van der Waals surface area contributed by atoms with Gasteiger partial charge < -0.3 is 0 Å². The van der Waals surface area contributed by atoms with Gasteiger partial charge in [-0.05, 0) is 36.3 Å². The number of alkyl halides is 1. The number of aryl methyl sites for hydroxylation is 1. The van der Waals surface area contributed by atoms with Crippen LogP contribution in [0.3, 0.4) is 0 Å². The molecule has 2 unspecified atom stereocenters. The zero-order chi connectivity index (χ0) is 11.3. The van der Waals surface area contributed by atoms with Crippen molar-refractivity contribution in [2.24, 2.45) is 11.8 Å². The fourth-order valence-corrected chi connectivity index (χ4v) is 2.28. The summed E-state index contributed by atoms with van der Waals surface area (Å²) in [4.78, 5) is 0. The normalized spacial score (nSPS) is 14.9. The third kappa shape index (κ3) is 3.53. The van der Waals surface area contributed by atoms with Gasteiger partial charge in [0.2, 0.25) is 0 Å². The summed E-state index contributed by atoms with van der Waals surface area (Å²) in [6.07, 6.45) is 2.33. The van der Waals surface area contributed by atoms with Crippen molar-refractivity contribution in [1.29, 1.82) is 0 Å². The van der Waals surface area contributed by atoms with Crippen LogP contribution in [0.25, 0.3) is 0 Å². The van der Waals surface area contributed by atoms with Gasteiger partial charge in [-0.3, -0.25) is 0 Å². The second-order valence-corrected chi connectivity index (χ2v) is 4.74. The number of rotatable bonds is 5. The summed E-state index contributed by atoms with van der Waals surface area (Å²) in [5.41, 5.74) is 2.83. The van der Waals surface area contributed by atoms with Crippen molar-refractivity contribution in [1.82, 2.24) is 0 Å². The quantitative estimate of drug-likeness (QED) is 0.649. The molecule has 1 rings (SSSR count). The van der Waals surface area contributed by atoms with E-state index in [9.17, 15) is 0 Å². The van der Waals surface area contributed by atoms with Crippen LogP contribution >= 0.6 is 11.6 Å². The minimum atomic E-state index is 0.609. The Morgan fingerprint density at radius 1 is 1.27 bits per heavy atom. The van der Waals surface area contributed by atoms with Crippen LogP contribution in [0, 0.1) is 18.8 Å². The van der Waals surface area contributed by atoms with Crippen LogP contribution in [0.15, 0.2) is 24.3 Å². The van der Waals surface area contributed by atoms with Gasteiger partial charge in [-0.25, -0.2) is 0 Å². The fourth-order valence-electron chi connectivity index (χ4n) is 1.86. The first-order valence-corrected chi connectivity index (χ1v) is 6.33. The van der Waals surface area contributed by atoms with Gasteiger partial charge in [-0.2, -0.15) is 0 Å². The summed E-state index contributed by atoms with van der Waals surface area (Å²) in [7, 11) is 0. The van der Waals surface area contributed by atoms with Crippen LogP contribution in [-0.4, -0.2) is 5.88 Å². The van der Waals surface area contributed by atoms with Gasteiger partial charge in [-0.15, -0.1) is 11.6 Å². The summed E-state index contributed by atoms with van der Waals surface area (Å²) in [6, 6.07) is 8.61. The van der Waals surface area contributed by atoms with Gasteiger partial charge >= 0.3 is 0 Å². The zero-order valence-electron chi connectivity index (χ0n) is 9.96. The van der Waals surface area contributed by atoms with E-state index in [-0.39, 0.29) is 0 Å². The summed E-state index contributed by atoms with van der Waals surface area (Å²) < 4.78 is 0. The van der Waals surface area contributed by atoms with Crippen LogP contribution in [0.2, 0.25) is 0 Å². The Kier molecular flexibility index (Phi) is 5.17. The maximum atomic E-state index is 6.04. The molecule has 0 radical (unpaired) electrons. The molecule has 0 aliphatic heterocycles. The summed E-state index contributed by atoms with van der Waals surface area (Å²) >= 11 is 6.04. The van der Waals surface area contributed by atoms with Gasteiger partial charge in [0.15, 0.2) is 0 Å². The van der Waals surface area contributed by atoms with Crippen LogP contribution in [0.4, 0.5) is 0 Å². The molecule has 15 heavy (non-hydrogen) atoms. The van der Waals surface area contributed by atoms with Crippen molar-refractivity contribution in [2.75, 3.05) is 5.88 Å². The Labute approximate surface area is 98.7 Å². The second kappa shape index (κ2) is 6.17. The van der Waals surface area contributed by atoms with E-state index >= 15 is 0 Å². The van der Waals surface area contributed by atoms with Crippen LogP contribution in [0.1, 0.15) is 31.4 Å². The topological polar surface area (TPSA) is 0 Å². The lowest BCUT2D eigenvalue weighted by molar-refractivity contribution is 0.379. The summed E-state index contributed by atoms with van der Waals surface area (Å²) in [5.74, 6) is 2.09. The molecule has 0 bridgehead atoms. The highest BCUT2D eigenvalue weighted by molar-refractivity contribution is 6.18. The van der Waals surface area contributed by atoms with Crippen LogP contribution in [0.5, 0.6) is 0 Å². The third-order valence-electron chi connectivity index (χ3n) is 3.39. The minimum absolute atomic E-state index is 0.609. The van der Waals surface area contributed by atoms with E-state index in [2.05, 4.69) is 45.0 Å². The maximum Gasteiger partial charge on any atom is 0.0257 e. The monoisotopic (exact) mass is 224 g/mol. The molecule has 0 spiro atoms. The van der Waals surface area contributed by atoms with Crippen molar-refractivity contribution >= 4 is 11.6 Å². The van der Waals surface area contributed by atoms with Crippen LogP contribution < -0.4 is 0 Å². The average molecular weight is 225 g/mol. The molecule has 1 aromatic rings. The minimum Gasteiger partial charge on any atom is -0.126 e. The molecule has 0 aliphatic carbocycles. The highest BCUT2D eigenvalue weighted by Gasteiger charge is 2.15. The predicted octanol–water partition coefficient (Wildman–Crippen LogP) is 4.44. The molecule has 0 fully saturated rings. The molecule has 1 aromatic carbocycles. The molecular weight excluding hydrogens is 204 g/mol. The predicted molar refractivity (Wildman–Crippen MR) is 68.5 cm³/mol. The Hall–Kier alpha value is -0.490. The van der Waals surface area contributed by atoms with E-state index in [0.717, 1.165) is 12.3 Å². The lowest BCUT2D eigenvalue weighted by Gasteiger charge is -2.21. The lowest BCUT2D eigenvalue weighted by atomic mass is 9.87. The molecule has 0 aliphatic rings. The zero-order valence-corrected chi connectivity index (χ0v) is 10.7. The molecule has 0 N–H and O–H groups in total. The van der Waals surface area contributed by atoms with Gasteiger partial charge in [0.25, 0.3) is 0 Å². The van der Waals surface area contributed by atoms with Gasteiger partial charge in [0.05, 0.1) is 0 Å². The first-order chi connectivity index (χ1) is 7.19. The fraction of sp³-hybridized carbons (Fsp3) is 0.571. The van der Waals surface area contributed by atoms with Crippen molar-refractivity contribution in [3.05, 3.63) is 35.4 Å². The number of benzene rings is 1. The lowest BCUT2D eigenvalue weighted by Crippen LogP contribution is -2.16. The van der Waals surface area contributed by atoms with Gasteiger partial charge in [0.1, 0.15) is 0 Å². The molecule has 84 valence electrons. The number of halogens is 1. The highest BCUT2D eigenvalue weighted by atomic mass is 35.5. The number of hydrogen-bond acceptors (Lipinski definition) is 0. The van der Waals surface area contributed by atoms with Crippen LogP contribution in [-0.2, 0) is 6.42 Å². The summed E-state index contributed by atoms with van der Waals surface area (Å²) in [5, 5.41) is 0. The SMILES string of the molecule is CCC(C)C(CCl)Cc1ccccc1C. The average Bonchev–Trinajstić information content (AvgIpc) is 2.27. The Morgan fingerprint density at radius 2 is 1.93 bits per heavy atom. The molecule has 0 amide bonds. The molecule has 0 aromatic heterocycles. The largest absolute Gasteiger partial charge is 0.126 e. The molecule has 2 atom stereocenters. The first-order valence-electron chi connectivity index (χ1n) is 5.79. The molecule has 0 saturated heterocycles. The molecular formula is C14H21Cl.